The third-order valence-corrected chi connectivity index (χ3v) is 3.07. The largest absolute Gasteiger partial charge is 0.298 e. The second kappa shape index (κ2) is 5.92. The summed E-state index contributed by atoms with van der Waals surface area (Å²) in [6.45, 7) is 6.02. The molecule has 0 saturated carbocycles. The lowest BCUT2D eigenvalue weighted by Gasteiger charge is -2.25. The van der Waals surface area contributed by atoms with E-state index in [1.807, 2.05) is 38.8 Å². The second-order valence-corrected chi connectivity index (χ2v) is 4.73. The maximum absolute atomic E-state index is 13.6. The van der Waals surface area contributed by atoms with E-state index in [1.54, 1.807) is 12.1 Å². The quantitative estimate of drug-likeness (QED) is 0.784. The number of benzene rings is 1. The van der Waals surface area contributed by atoms with Crippen LogP contribution in [0.3, 0.4) is 0 Å². The van der Waals surface area contributed by atoms with Crippen LogP contribution in [-0.2, 0) is 4.79 Å². The smallest absolute Gasteiger partial charge is 0.149 e. The minimum absolute atomic E-state index is 0.0188. The molecular formula is C14H20FNO. The van der Waals surface area contributed by atoms with Gasteiger partial charge in [-0.1, -0.05) is 32.0 Å². The van der Waals surface area contributed by atoms with Crippen LogP contribution in [0.15, 0.2) is 24.3 Å². The Balaban J connectivity index is 2.73. The predicted molar refractivity (Wildman–Crippen MR) is 67.3 cm³/mol. The third-order valence-electron chi connectivity index (χ3n) is 3.07. The molecule has 0 aromatic heterocycles. The summed E-state index contributed by atoms with van der Waals surface area (Å²) < 4.78 is 13.6. The van der Waals surface area contributed by atoms with Gasteiger partial charge in [0, 0.05) is 17.5 Å². The lowest BCUT2D eigenvalue weighted by atomic mass is 10.0. The van der Waals surface area contributed by atoms with E-state index in [0.29, 0.717) is 12.1 Å². The molecule has 1 aromatic rings. The van der Waals surface area contributed by atoms with Gasteiger partial charge in [-0.2, -0.15) is 0 Å². The molecule has 0 bridgehead atoms. The first-order chi connectivity index (χ1) is 7.93. The fourth-order valence-corrected chi connectivity index (χ4v) is 1.62. The highest BCUT2D eigenvalue weighted by Gasteiger charge is 2.18. The molecule has 1 unspecified atom stereocenters. The van der Waals surface area contributed by atoms with Gasteiger partial charge in [-0.05, 0) is 20.0 Å². The molecular weight excluding hydrogens is 217 g/mol. The van der Waals surface area contributed by atoms with Gasteiger partial charge in [0.1, 0.15) is 11.6 Å². The summed E-state index contributed by atoms with van der Waals surface area (Å²) in [5.74, 6) is -0.0233. The fourth-order valence-electron chi connectivity index (χ4n) is 1.62. The summed E-state index contributed by atoms with van der Waals surface area (Å²) >= 11 is 0. The molecule has 1 atom stereocenters. The molecule has 0 aliphatic rings. The molecule has 0 heterocycles. The Labute approximate surface area is 102 Å². The van der Waals surface area contributed by atoms with E-state index in [2.05, 4.69) is 0 Å². The lowest BCUT2D eigenvalue weighted by Crippen LogP contribution is -2.31. The summed E-state index contributed by atoms with van der Waals surface area (Å²) in [4.78, 5) is 13.5. The van der Waals surface area contributed by atoms with E-state index in [-0.39, 0.29) is 23.6 Å². The molecule has 0 spiro atoms. The summed E-state index contributed by atoms with van der Waals surface area (Å²) in [7, 11) is 1.84. The number of carbonyl (C=O) groups is 1. The van der Waals surface area contributed by atoms with Crippen LogP contribution in [0.25, 0.3) is 0 Å². The van der Waals surface area contributed by atoms with Crippen molar-refractivity contribution >= 4 is 5.78 Å². The van der Waals surface area contributed by atoms with Crippen LogP contribution in [-0.4, -0.2) is 24.3 Å². The minimum atomic E-state index is -0.219. The minimum Gasteiger partial charge on any atom is -0.298 e. The molecule has 0 N–H and O–H groups in total. The summed E-state index contributed by atoms with van der Waals surface area (Å²) in [6.07, 6.45) is 0. The van der Waals surface area contributed by atoms with Gasteiger partial charge in [0.15, 0.2) is 0 Å². The normalized spacial score (nSPS) is 13.1. The van der Waals surface area contributed by atoms with Gasteiger partial charge in [0.2, 0.25) is 0 Å². The van der Waals surface area contributed by atoms with E-state index in [4.69, 9.17) is 0 Å². The van der Waals surface area contributed by atoms with Gasteiger partial charge in [-0.3, -0.25) is 9.69 Å². The number of carbonyl (C=O) groups excluding carboxylic acids is 1. The van der Waals surface area contributed by atoms with Gasteiger partial charge in [0.25, 0.3) is 0 Å². The van der Waals surface area contributed by atoms with E-state index in [1.165, 1.54) is 6.07 Å². The van der Waals surface area contributed by atoms with E-state index < -0.39 is 0 Å². The molecule has 1 rings (SSSR count). The van der Waals surface area contributed by atoms with Crippen molar-refractivity contribution in [3.05, 3.63) is 35.6 Å². The second-order valence-electron chi connectivity index (χ2n) is 4.73. The number of hydrogen-bond donors (Lipinski definition) is 0. The number of Topliss-reactive ketones (excluding diaryl/α,β-unsaturated/α-hetero) is 1. The lowest BCUT2D eigenvalue weighted by molar-refractivity contribution is -0.123. The Bertz CT molecular complexity index is 390. The number of nitrogens with zero attached hydrogens (tertiary/aromatic N) is 1. The van der Waals surface area contributed by atoms with Gasteiger partial charge >= 0.3 is 0 Å². The van der Waals surface area contributed by atoms with Crippen molar-refractivity contribution in [2.45, 2.75) is 26.8 Å². The van der Waals surface area contributed by atoms with Crippen molar-refractivity contribution in [2.75, 3.05) is 13.6 Å². The monoisotopic (exact) mass is 237 g/mol. The van der Waals surface area contributed by atoms with Crippen LogP contribution in [0.4, 0.5) is 4.39 Å². The molecule has 0 saturated heterocycles. The Hall–Kier alpha value is -1.22. The van der Waals surface area contributed by atoms with E-state index >= 15 is 0 Å². The first-order valence-electron chi connectivity index (χ1n) is 5.91. The standard InChI is InChI=1S/C14H20FNO/c1-10(2)14(17)9-16(4)11(3)12-7-5-6-8-13(12)15/h5-8,10-11H,9H2,1-4H3. The van der Waals surface area contributed by atoms with Crippen molar-refractivity contribution in [1.29, 1.82) is 0 Å². The van der Waals surface area contributed by atoms with Gasteiger partial charge in [0.05, 0.1) is 6.54 Å². The topological polar surface area (TPSA) is 20.3 Å². The summed E-state index contributed by atoms with van der Waals surface area (Å²) in [5, 5.41) is 0. The van der Waals surface area contributed by atoms with Crippen LogP contribution in [0.1, 0.15) is 32.4 Å². The molecule has 0 amide bonds. The molecule has 0 aliphatic carbocycles. The molecule has 17 heavy (non-hydrogen) atoms. The zero-order chi connectivity index (χ0) is 13.0. The molecule has 3 heteroatoms. The number of likely N-dealkylation sites (N-methyl/N-ethyl adjacent to an activating group) is 1. The predicted octanol–water partition coefficient (Wildman–Crippen LogP) is 3.04. The SMILES string of the molecule is CC(C)C(=O)CN(C)C(C)c1ccccc1F. The molecule has 0 fully saturated rings. The van der Waals surface area contributed by atoms with Crippen LogP contribution >= 0.6 is 0 Å². The van der Waals surface area contributed by atoms with Crippen molar-refractivity contribution in [1.82, 2.24) is 4.90 Å². The number of hydrogen-bond acceptors (Lipinski definition) is 2. The number of halogens is 1. The van der Waals surface area contributed by atoms with Crippen LogP contribution < -0.4 is 0 Å². The van der Waals surface area contributed by atoms with Crippen LogP contribution in [0, 0.1) is 11.7 Å². The average molecular weight is 237 g/mol. The Kier molecular flexibility index (Phi) is 4.82. The highest BCUT2D eigenvalue weighted by Crippen LogP contribution is 2.21. The zero-order valence-electron chi connectivity index (χ0n) is 10.9. The Morgan fingerprint density at radius 3 is 2.41 bits per heavy atom. The van der Waals surface area contributed by atoms with Crippen LogP contribution in [0.2, 0.25) is 0 Å². The first-order valence-corrected chi connectivity index (χ1v) is 5.91. The maximum atomic E-state index is 13.6. The van der Waals surface area contributed by atoms with E-state index in [9.17, 15) is 9.18 Å². The first kappa shape index (κ1) is 13.8. The van der Waals surface area contributed by atoms with Gasteiger partial charge in [-0.15, -0.1) is 0 Å². The molecule has 1 aromatic carbocycles. The summed E-state index contributed by atoms with van der Waals surface area (Å²) in [5.41, 5.74) is 0.631. The number of rotatable bonds is 5. The third kappa shape index (κ3) is 3.63. The van der Waals surface area contributed by atoms with Crippen molar-refractivity contribution in [3.8, 4) is 0 Å². The zero-order valence-corrected chi connectivity index (χ0v) is 10.9. The average Bonchev–Trinajstić information content (AvgIpc) is 2.28. The molecule has 0 radical (unpaired) electrons. The van der Waals surface area contributed by atoms with E-state index in [0.717, 1.165) is 0 Å². The Morgan fingerprint density at radius 2 is 1.88 bits per heavy atom. The fraction of sp³-hybridized carbons (Fsp3) is 0.500. The van der Waals surface area contributed by atoms with Crippen molar-refractivity contribution < 1.29 is 9.18 Å². The van der Waals surface area contributed by atoms with Gasteiger partial charge < -0.3 is 0 Å². The molecule has 2 nitrogen and oxygen atoms in total. The number of ketones is 1. The van der Waals surface area contributed by atoms with Crippen LogP contribution in [0.5, 0.6) is 0 Å². The summed E-state index contributed by atoms with van der Waals surface area (Å²) in [6, 6.07) is 6.59. The Morgan fingerprint density at radius 1 is 1.29 bits per heavy atom. The highest BCUT2D eigenvalue weighted by atomic mass is 19.1. The maximum Gasteiger partial charge on any atom is 0.149 e. The van der Waals surface area contributed by atoms with Crippen molar-refractivity contribution in [3.63, 3.8) is 0 Å². The van der Waals surface area contributed by atoms with Crippen molar-refractivity contribution in [2.24, 2.45) is 5.92 Å². The molecule has 94 valence electrons. The molecule has 0 aliphatic heterocycles. The highest BCUT2D eigenvalue weighted by molar-refractivity contribution is 5.82. The van der Waals surface area contributed by atoms with Gasteiger partial charge in [-0.25, -0.2) is 4.39 Å².